The van der Waals surface area contributed by atoms with Crippen molar-refractivity contribution in [2.45, 2.75) is 6.92 Å². The summed E-state index contributed by atoms with van der Waals surface area (Å²) in [6, 6.07) is 5.59. The van der Waals surface area contributed by atoms with E-state index in [1.54, 1.807) is 12.1 Å². The van der Waals surface area contributed by atoms with Crippen LogP contribution in [0.1, 0.15) is 11.3 Å². The first-order valence-electron chi connectivity index (χ1n) is 2.76. The molecule has 0 amide bonds. The summed E-state index contributed by atoms with van der Waals surface area (Å²) in [5.74, 6) is 0. The summed E-state index contributed by atoms with van der Waals surface area (Å²) in [6.07, 6.45) is 0. The highest BCUT2D eigenvalue weighted by Crippen LogP contribution is 2.05. The number of nitrogens with zero attached hydrogens (tertiary/aromatic N) is 2. The molecular formula is C7H5IN2. The lowest BCUT2D eigenvalue weighted by Gasteiger charge is -1.93. The monoisotopic (exact) mass is 244 g/mol. The minimum atomic E-state index is 0.678. The second-order valence-corrected chi connectivity index (χ2v) is 3.04. The van der Waals surface area contributed by atoms with Crippen LogP contribution >= 0.6 is 22.6 Å². The van der Waals surface area contributed by atoms with Gasteiger partial charge < -0.3 is 0 Å². The SMILES string of the molecule is Cc1cc(C#N)cc(I)n1. The molecule has 0 aliphatic carbocycles. The molecule has 1 heterocycles. The van der Waals surface area contributed by atoms with E-state index in [0.29, 0.717) is 5.56 Å². The van der Waals surface area contributed by atoms with Crippen LogP contribution in [0.2, 0.25) is 0 Å². The topological polar surface area (TPSA) is 36.7 Å². The maximum absolute atomic E-state index is 8.51. The number of rotatable bonds is 0. The third kappa shape index (κ3) is 1.67. The Bertz CT molecular complexity index is 268. The molecule has 3 heteroatoms. The Kier molecular flexibility index (Phi) is 2.22. The summed E-state index contributed by atoms with van der Waals surface area (Å²) in [5, 5.41) is 8.51. The second-order valence-electron chi connectivity index (χ2n) is 1.93. The van der Waals surface area contributed by atoms with Crippen LogP contribution in [0.25, 0.3) is 0 Å². The molecule has 0 spiro atoms. The fourth-order valence-corrected chi connectivity index (χ4v) is 1.41. The summed E-state index contributed by atoms with van der Waals surface area (Å²) in [6.45, 7) is 1.88. The number of nitriles is 1. The number of halogens is 1. The molecule has 0 aliphatic heterocycles. The summed E-state index contributed by atoms with van der Waals surface area (Å²) in [5.41, 5.74) is 1.57. The second kappa shape index (κ2) is 2.97. The zero-order valence-corrected chi connectivity index (χ0v) is 7.58. The van der Waals surface area contributed by atoms with Crippen molar-refractivity contribution in [1.82, 2.24) is 4.98 Å². The van der Waals surface area contributed by atoms with Gasteiger partial charge in [0.2, 0.25) is 0 Å². The molecule has 1 rings (SSSR count). The van der Waals surface area contributed by atoms with Gasteiger partial charge in [0.1, 0.15) is 3.70 Å². The van der Waals surface area contributed by atoms with E-state index in [-0.39, 0.29) is 0 Å². The molecule has 1 aromatic rings. The highest BCUT2D eigenvalue weighted by Gasteiger charge is 1.94. The van der Waals surface area contributed by atoms with Crippen LogP contribution in [-0.2, 0) is 0 Å². The molecule has 0 fully saturated rings. The quantitative estimate of drug-likeness (QED) is 0.516. The van der Waals surface area contributed by atoms with Crippen molar-refractivity contribution in [2.75, 3.05) is 0 Å². The van der Waals surface area contributed by atoms with Crippen molar-refractivity contribution in [3.63, 3.8) is 0 Å². The third-order valence-corrected chi connectivity index (χ3v) is 1.60. The van der Waals surface area contributed by atoms with E-state index in [0.717, 1.165) is 9.39 Å². The lowest BCUT2D eigenvalue weighted by molar-refractivity contribution is 1.15. The van der Waals surface area contributed by atoms with Gasteiger partial charge >= 0.3 is 0 Å². The van der Waals surface area contributed by atoms with Crippen LogP contribution in [-0.4, -0.2) is 4.98 Å². The lowest BCUT2D eigenvalue weighted by atomic mass is 10.2. The fraction of sp³-hybridized carbons (Fsp3) is 0.143. The maximum Gasteiger partial charge on any atom is 0.102 e. The summed E-state index contributed by atoms with van der Waals surface area (Å²) < 4.78 is 0.870. The van der Waals surface area contributed by atoms with Gasteiger partial charge in [0.15, 0.2) is 0 Å². The predicted octanol–water partition coefficient (Wildman–Crippen LogP) is 1.87. The van der Waals surface area contributed by atoms with E-state index in [9.17, 15) is 0 Å². The molecule has 0 atom stereocenters. The van der Waals surface area contributed by atoms with E-state index in [1.807, 2.05) is 6.92 Å². The minimum absolute atomic E-state index is 0.678. The van der Waals surface area contributed by atoms with Gasteiger partial charge in [-0.1, -0.05) is 0 Å². The number of pyridine rings is 1. The standard InChI is InChI=1S/C7H5IN2/c1-5-2-6(4-9)3-7(8)10-5/h2-3H,1H3. The van der Waals surface area contributed by atoms with Crippen molar-refractivity contribution in [3.05, 3.63) is 27.1 Å². The Hall–Kier alpha value is -0.630. The molecule has 0 unspecified atom stereocenters. The molecule has 50 valence electrons. The predicted molar refractivity (Wildman–Crippen MR) is 46.4 cm³/mol. The van der Waals surface area contributed by atoms with Gasteiger partial charge in [0.05, 0.1) is 11.6 Å². The normalized spacial score (nSPS) is 8.90. The first kappa shape index (κ1) is 7.48. The van der Waals surface area contributed by atoms with Crippen molar-refractivity contribution in [2.24, 2.45) is 0 Å². The van der Waals surface area contributed by atoms with Gasteiger partial charge in [0.25, 0.3) is 0 Å². The molecule has 2 nitrogen and oxygen atoms in total. The highest BCUT2D eigenvalue weighted by atomic mass is 127. The maximum atomic E-state index is 8.51. The van der Waals surface area contributed by atoms with Gasteiger partial charge in [0, 0.05) is 5.69 Å². The zero-order valence-electron chi connectivity index (χ0n) is 5.43. The fourth-order valence-electron chi connectivity index (χ4n) is 0.693. The Balaban J connectivity index is 3.22. The van der Waals surface area contributed by atoms with Crippen molar-refractivity contribution in [3.8, 4) is 6.07 Å². The number of aryl methyl sites for hydroxylation is 1. The van der Waals surface area contributed by atoms with Crippen LogP contribution in [0, 0.1) is 22.0 Å². The molecule has 0 radical (unpaired) electrons. The van der Waals surface area contributed by atoms with Gasteiger partial charge in [-0.2, -0.15) is 5.26 Å². The Morgan fingerprint density at radius 3 is 2.80 bits per heavy atom. The minimum Gasteiger partial charge on any atom is -0.247 e. The molecule has 0 N–H and O–H groups in total. The van der Waals surface area contributed by atoms with Gasteiger partial charge in [-0.05, 0) is 41.6 Å². The summed E-state index contributed by atoms with van der Waals surface area (Å²) in [4.78, 5) is 4.12. The molecule has 1 aromatic heterocycles. The van der Waals surface area contributed by atoms with E-state index >= 15 is 0 Å². The molecule has 0 aliphatic rings. The van der Waals surface area contributed by atoms with E-state index in [2.05, 4.69) is 33.6 Å². The molecule has 10 heavy (non-hydrogen) atoms. The van der Waals surface area contributed by atoms with Crippen molar-refractivity contribution in [1.29, 1.82) is 5.26 Å². The smallest absolute Gasteiger partial charge is 0.102 e. The number of aromatic nitrogens is 1. The van der Waals surface area contributed by atoms with Gasteiger partial charge in [-0.3, -0.25) is 0 Å². The van der Waals surface area contributed by atoms with Crippen LogP contribution in [0.5, 0.6) is 0 Å². The Morgan fingerprint density at radius 1 is 1.60 bits per heavy atom. The first-order valence-corrected chi connectivity index (χ1v) is 3.84. The van der Waals surface area contributed by atoms with Gasteiger partial charge in [-0.25, -0.2) is 4.98 Å². The zero-order chi connectivity index (χ0) is 7.56. The molecule has 0 aromatic carbocycles. The van der Waals surface area contributed by atoms with Gasteiger partial charge in [-0.15, -0.1) is 0 Å². The molecule has 0 saturated carbocycles. The highest BCUT2D eigenvalue weighted by molar-refractivity contribution is 14.1. The number of hydrogen-bond donors (Lipinski definition) is 0. The van der Waals surface area contributed by atoms with E-state index in [4.69, 9.17) is 5.26 Å². The van der Waals surface area contributed by atoms with Crippen LogP contribution in [0.3, 0.4) is 0 Å². The van der Waals surface area contributed by atoms with Crippen LogP contribution in [0.4, 0.5) is 0 Å². The van der Waals surface area contributed by atoms with Crippen molar-refractivity contribution < 1.29 is 0 Å². The van der Waals surface area contributed by atoms with E-state index < -0.39 is 0 Å². The lowest BCUT2D eigenvalue weighted by Crippen LogP contribution is -1.86. The third-order valence-electron chi connectivity index (χ3n) is 1.05. The number of hydrogen-bond acceptors (Lipinski definition) is 2. The summed E-state index contributed by atoms with van der Waals surface area (Å²) in [7, 11) is 0. The molecule has 0 saturated heterocycles. The van der Waals surface area contributed by atoms with Crippen LogP contribution < -0.4 is 0 Å². The van der Waals surface area contributed by atoms with Crippen LogP contribution in [0.15, 0.2) is 12.1 Å². The molecule has 0 bridgehead atoms. The average Bonchev–Trinajstić information content (AvgIpc) is 1.85. The Morgan fingerprint density at radius 2 is 2.30 bits per heavy atom. The van der Waals surface area contributed by atoms with Crippen molar-refractivity contribution >= 4 is 22.6 Å². The summed E-state index contributed by atoms with van der Waals surface area (Å²) >= 11 is 2.09. The Labute approximate surface area is 73.0 Å². The van der Waals surface area contributed by atoms with E-state index in [1.165, 1.54) is 0 Å². The largest absolute Gasteiger partial charge is 0.247 e. The average molecular weight is 244 g/mol. The first-order chi connectivity index (χ1) is 4.72. The molecular weight excluding hydrogens is 239 g/mol.